The average molecular weight is 425 g/mol. The Morgan fingerprint density at radius 3 is 2.32 bits per heavy atom. The SMILES string of the molecule is COc1cccc(CN(CC(=O)N(Cc2ccccc2)C(C)C)C2CCC(O)CC2)c1. The minimum Gasteiger partial charge on any atom is -0.497 e. The fourth-order valence-electron chi connectivity index (χ4n) is 4.35. The minimum atomic E-state index is -0.212. The third-order valence-electron chi connectivity index (χ3n) is 6.18. The molecule has 0 radical (unpaired) electrons. The lowest BCUT2D eigenvalue weighted by atomic mass is 9.91. The van der Waals surface area contributed by atoms with Gasteiger partial charge in [0.2, 0.25) is 5.91 Å². The Morgan fingerprint density at radius 2 is 1.68 bits per heavy atom. The molecule has 1 aliphatic rings. The number of methoxy groups -OCH3 is 1. The highest BCUT2D eigenvalue weighted by molar-refractivity contribution is 5.78. The summed E-state index contributed by atoms with van der Waals surface area (Å²) >= 11 is 0. The summed E-state index contributed by atoms with van der Waals surface area (Å²) in [7, 11) is 1.67. The Morgan fingerprint density at radius 1 is 1.00 bits per heavy atom. The number of hydrogen-bond acceptors (Lipinski definition) is 4. The van der Waals surface area contributed by atoms with Gasteiger partial charge in [0.15, 0.2) is 0 Å². The monoisotopic (exact) mass is 424 g/mol. The highest BCUT2D eigenvalue weighted by atomic mass is 16.5. The molecule has 0 heterocycles. The van der Waals surface area contributed by atoms with E-state index >= 15 is 0 Å². The summed E-state index contributed by atoms with van der Waals surface area (Å²) < 4.78 is 5.39. The third kappa shape index (κ3) is 6.81. The van der Waals surface area contributed by atoms with Crippen LogP contribution in [0.1, 0.15) is 50.7 Å². The highest BCUT2D eigenvalue weighted by Gasteiger charge is 2.28. The molecule has 5 nitrogen and oxygen atoms in total. The lowest BCUT2D eigenvalue weighted by Crippen LogP contribution is -2.47. The second-order valence-corrected chi connectivity index (χ2v) is 8.82. The molecule has 1 amide bonds. The molecular weight excluding hydrogens is 388 g/mol. The number of rotatable bonds is 9. The average Bonchev–Trinajstić information content (AvgIpc) is 2.78. The Kier molecular flexibility index (Phi) is 8.50. The van der Waals surface area contributed by atoms with Crippen LogP contribution in [-0.2, 0) is 17.9 Å². The standard InChI is InChI=1S/C26H36N2O3/c1-20(2)28(18-21-8-5-4-6-9-21)26(30)19-27(23-12-14-24(29)15-13-23)17-22-10-7-11-25(16-22)31-3/h4-11,16,20,23-24,29H,12-15,17-19H2,1-3H3. The van der Waals surface area contributed by atoms with Crippen LogP contribution in [0.15, 0.2) is 54.6 Å². The molecule has 2 aromatic carbocycles. The Bertz CT molecular complexity index is 816. The van der Waals surface area contributed by atoms with Crippen molar-refractivity contribution in [3.8, 4) is 5.75 Å². The molecular formula is C26H36N2O3. The largest absolute Gasteiger partial charge is 0.497 e. The molecule has 0 saturated heterocycles. The number of aliphatic hydroxyl groups excluding tert-OH is 1. The first-order chi connectivity index (χ1) is 15.0. The van der Waals surface area contributed by atoms with Crippen LogP contribution < -0.4 is 4.74 Å². The maximum absolute atomic E-state index is 13.4. The van der Waals surface area contributed by atoms with E-state index in [-0.39, 0.29) is 18.1 Å². The maximum atomic E-state index is 13.4. The van der Waals surface area contributed by atoms with Crippen molar-refractivity contribution >= 4 is 5.91 Å². The van der Waals surface area contributed by atoms with Crippen molar-refractivity contribution in [2.45, 2.75) is 70.8 Å². The van der Waals surface area contributed by atoms with Crippen LogP contribution in [0.3, 0.4) is 0 Å². The van der Waals surface area contributed by atoms with Gasteiger partial charge in [0.05, 0.1) is 19.8 Å². The Labute approximate surface area is 186 Å². The maximum Gasteiger partial charge on any atom is 0.237 e. The van der Waals surface area contributed by atoms with E-state index in [0.29, 0.717) is 25.7 Å². The van der Waals surface area contributed by atoms with Gasteiger partial charge >= 0.3 is 0 Å². The number of benzene rings is 2. The zero-order valence-electron chi connectivity index (χ0n) is 19.0. The van der Waals surface area contributed by atoms with Gasteiger partial charge in [-0.25, -0.2) is 0 Å². The fourth-order valence-corrected chi connectivity index (χ4v) is 4.35. The normalized spacial score (nSPS) is 18.9. The molecule has 31 heavy (non-hydrogen) atoms. The molecule has 168 valence electrons. The van der Waals surface area contributed by atoms with Crippen molar-refractivity contribution < 1.29 is 14.6 Å². The lowest BCUT2D eigenvalue weighted by Gasteiger charge is -2.37. The third-order valence-corrected chi connectivity index (χ3v) is 6.18. The molecule has 0 atom stereocenters. The molecule has 0 aliphatic heterocycles. The second-order valence-electron chi connectivity index (χ2n) is 8.82. The predicted molar refractivity (Wildman–Crippen MR) is 124 cm³/mol. The fraction of sp³-hybridized carbons (Fsp3) is 0.500. The topological polar surface area (TPSA) is 53.0 Å². The Hall–Kier alpha value is -2.37. The van der Waals surface area contributed by atoms with Crippen LogP contribution in [-0.4, -0.2) is 52.7 Å². The van der Waals surface area contributed by atoms with E-state index in [9.17, 15) is 9.90 Å². The van der Waals surface area contributed by atoms with E-state index in [0.717, 1.165) is 42.6 Å². The predicted octanol–water partition coefficient (Wildman–Crippen LogP) is 4.24. The molecule has 2 aromatic rings. The summed E-state index contributed by atoms with van der Waals surface area (Å²) in [5.41, 5.74) is 2.28. The highest BCUT2D eigenvalue weighted by Crippen LogP contribution is 2.26. The van der Waals surface area contributed by atoms with Crippen LogP contribution in [0, 0.1) is 0 Å². The summed E-state index contributed by atoms with van der Waals surface area (Å²) in [6, 6.07) is 18.6. The van der Waals surface area contributed by atoms with Crippen molar-refractivity contribution in [1.82, 2.24) is 9.80 Å². The first-order valence-electron chi connectivity index (χ1n) is 11.3. The molecule has 1 aliphatic carbocycles. The second kappa shape index (κ2) is 11.3. The number of carbonyl (C=O) groups excluding carboxylic acids is 1. The molecule has 1 saturated carbocycles. The van der Waals surface area contributed by atoms with Gasteiger partial charge in [0, 0.05) is 25.2 Å². The van der Waals surface area contributed by atoms with Crippen LogP contribution in [0.5, 0.6) is 5.75 Å². The number of ether oxygens (including phenoxy) is 1. The van der Waals surface area contributed by atoms with Gasteiger partial charge in [-0.3, -0.25) is 9.69 Å². The lowest BCUT2D eigenvalue weighted by molar-refractivity contribution is -0.135. The molecule has 0 bridgehead atoms. The number of nitrogens with zero attached hydrogens (tertiary/aromatic N) is 2. The number of amides is 1. The summed E-state index contributed by atoms with van der Waals surface area (Å²) in [4.78, 5) is 17.7. The summed E-state index contributed by atoms with van der Waals surface area (Å²) in [6.45, 7) is 5.84. The van der Waals surface area contributed by atoms with E-state index in [2.05, 4.69) is 36.9 Å². The van der Waals surface area contributed by atoms with E-state index < -0.39 is 0 Å². The molecule has 0 spiro atoms. The number of carbonyl (C=O) groups is 1. The minimum absolute atomic E-state index is 0.125. The number of aliphatic hydroxyl groups is 1. The van der Waals surface area contributed by atoms with Gasteiger partial charge in [-0.1, -0.05) is 42.5 Å². The van der Waals surface area contributed by atoms with Gasteiger partial charge in [0.25, 0.3) is 0 Å². The zero-order chi connectivity index (χ0) is 22.2. The summed E-state index contributed by atoms with van der Waals surface area (Å²) in [5, 5.41) is 9.96. The zero-order valence-corrected chi connectivity index (χ0v) is 19.0. The van der Waals surface area contributed by atoms with Crippen LogP contribution in [0.4, 0.5) is 0 Å². The summed E-state index contributed by atoms with van der Waals surface area (Å²) in [5.74, 6) is 0.976. The van der Waals surface area contributed by atoms with E-state index in [1.165, 1.54) is 0 Å². The van der Waals surface area contributed by atoms with Crippen molar-refractivity contribution in [3.63, 3.8) is 0 Å². The van der Waals surface area contributed by atoms with Gasteiger partial charge in [-0.2, -0.15) is 0 Å². The van der Waals surface area contributed by atoms with E-state index in [1.807, 2.05) is 41.3 Å². The van der Waals surface area contributed by atoms with Crippen molar-refractivity contribution in [3.05, 3.63) is 65.7 Å². The van der Waals surface area contributed by atoms with Gasteiger partial charge in [-0.05, 0) is 62.8 Å². The van der Waals surface area contributed by atoms with E-state index in [1.54, 1.807) is 7.11 Å². The molecule has 1 fully saturated rings. The smallest absolute Gasteiger partial charge is 0.237 e. The summed E-state index contributed by atoms with van der Waals surface area (Å²) in [6.07, 6.45) is 3.21. The first-order valence-corrected chi connectivity index (χ1v) is 11.3. The van der Waals surface area contributed by atoms with Crippen LogP contribution in [0.25, 0.3) is 0 Å². The molecule has 5 heteroatoms. The van der Waals surface area contributed by atoms with Crippen molar-refractivity contribution in [2.24, 2.45) is 0 Å². The van der Waals surface area contributed by atoms with Crippen LogP contribution in [0.2, 0.25) is 0 Å². The Balaban J connectivity index is 1.76. The quantitative estimate of drug-likeness (QED) is 0.654. The molecule has 0 aromatic heterocycles. The van der Waals surface area contributed by atoms with E-state index in [4.69, 9.17) is 4.74 Å². The van der Waals surface area contributed by atoms with Gasteiger partial charge in [0.1, 0.15) is 5.75 Å². The molecule has 0 unspecified atom stereocenters. The van der Waals surface area contributed by atoms with Crippen molar-refractivity contribution in [2.75, 3.05) is 13.7 Å². The van der Waals surface area contributed by atoms with Gasteiger partial charge < -0.3 is 14.7 Å². The van der Waals surface area contributed by atoms with Crippen LogP contribution >= 0.6 is 0 Å². The molecule has 3 rings (SSSR count). The number of hydrogen-bond donors (Lipinski definition) is 1. The van der Waals surface area contributed by atoms with Gasteiger partial charge in [-0.15, -0.1) is 0 Å². The molecule has 1 N–H and O–H groups in total. The van der Waals surface area contributed by atoms with Crippen molar-refractivity contribution in [1.29, 1.82) is 0 Å². The first kappa shape index (κ1) is 23.3.